The van der Waals surface area contributed by atoms with Crippen LogP contribution in [0, 0.1) is 5.82 Å². The molecular formula is C24H26F4N4O2. The summed E-state index contributed by atoms with van der Waals surface area (Å²) in [5, 5.41) is 20.9. The number of halogens is 4. The zero-order valence-electron chi connectivity index (χ0n) is 18.6. The van der Waals surface area contributed by atoms with Gasteiger partial charge in [0.15, 0.2) is 5.82 Å². The van der Waals surface area contributed by atoms with Crippen LogP contribution < -0.4 is 15.0 Å². The van der Waals surface area contributed by atoms with Gasteiger partial charge in [-0.15, -0.1) is 10.2 Å². The number of nitrogens with one attached hydrogen (secondary N) is 1. The lowest BCUT2D eigenvalue weighted by atomic mass is 10.0. The number of benzene rings is 2. The largest absolute Gasteiger partial charge is 0.516 e. The molecular weight excluding hydrogens is 452 g/mol. The van der Waals surface area contributed by atoms with Gasteiger partial charge in [0.05, 0.1) is 18.9 Å². The molecule has 0 spiro atoms. The summed E-state index contributed by atoms with van der Waals surface area (Å²) in [6.45, 7) is 4.33. The van der Waals surface area contributed by atoms with Crippen molar-refractivity contribution in [2.45, 2.75) is 31.6 Å². The van der Waals surface area contributed by atoms with E-state index in [4.69, 9.17) is 9.84 Å². The van der Waals surface area contributed by atoms with Crippen molar-refractivity contribution in [2.24, 2.45) is 0 Å². The molecule has 2 N–H and O–H groups in total. The monoisotopic (exact) mass is 478 g/mol. The molecule has 0 bridgehead atoms. The molecule has 1 saturated heterocycles. The van der Waals surface area contributed by atoms with Gasteiger partial charge in [-0.1, -0.05) is 30.8 Å². The Morgan fingerprint density at radius 3 is 2.41 bits per heavy atom. The minimum absolute atomic E-state index is 0.0328. The minimum atomic E-state index is -4.59. The summed E-state index contributed by atoms with van der Waals surface area (Å²) in [6.07, 6.45) is -2.36. The third kappa shape index (κ3) is 5.93. The molecule has 0 unspecified atom stereocenters. The zero-order valence-corrected chi connectivity index (χ0v) is 18.6. The molecule has 3 aromatic rings. The highest BCUT2D eigenvalue weighted by Gasteiger charge is 2.34. The number of methoxy groups -OCH3 is 1. The number of anilines is 1. The Morgan fingerprint density at radius 2 is 1.79 bits per heavy atom. The minimum Gasteiger partial charge on any atom is -0.516 e. The first-order valence-corrected chi connectivity index (χ1v) is 10.7. The molecule has 0 saturated carbocycles. The second-order valence-corrected chi connectivity index (χ2v) is 7.70. The number of hydrogen-bond acceptors (Lipinski definition) is 6. The number of nitrogens with zero attached hydrogens (tertiary/aromatic N) is 3. The number of ether oxygens (including phenoxy) is 1. The van der Waals surface area contributed by atoms with Gasteiger partial charge in [-0.05, 0) is 36.6 Å². The zero-order chi connectivity index (χ0) is 24.7. The van der Waals surface area contributed by atoms with Crippen LogP contribution in [0.1, 0.15) is 24.0 Å². The molecule has 0 aliphatic carbocycles. The lowest BCUT2D eigenvalue weighted by Crippen LogP contribution is -2.42. The van der Waals surface area contributed by atoms with E-state index in [1.54, 1.807) is 7.11 Å². The third-order valence-corrected chi connectivity index (χ3v) is 5.58. The highest BCUT2D eigenvalue weighted by molar-refractivity contribution is 5.95. The van der Waals surface area contributed by atoms with E-state index in [0.717, 1.165) is 41.8 Å². The maximum Gasteiger partial charge on any atom is 0.416 e. The smallest absolute Gasteiger partial charge is 0.416 e. The summed E-state index contributed by atoms with van der Waals surface area (Å²) in [4.78, 5) is 2.13. The van der Waals surface area contributed by atoms with Gasteiger partial charge in [0.2, 0.25) is 5.88 Å². The Labute approximate surface area is 194 Å². The molecule has 2 heterocycles. The molecule has 0 atom stereocenters. The molecule has 1 fully saturated rings. The van der Waals surface area contributed by atoms with Crippen molar-refractivity contribution < 1.29 is 27.4 Å². The second-order valence-electron chi connectivity index (χ2n) is 7.70. The number of aromatic nitrogens is 2. The van der Waals surface area contributed by atoms with E-state index in [-0.39, 0.29) is 18.2 Å². The van der Waals surface area contributed by atoms with Crippen molar-refractivity contribution in [3.8, 4) is 5.88 Å². The summed E-state index contributed by atoms with van der Waals surface area (Å²) in [7, 11) is 1.55. The molecule has 34 heavy (non-hydrogen) atoms. The predicted molar refractivity (Wildman–Crippen MR) is 122 cm³/mol. The molecule has 10 heteroatoms. The SMILES string of the molecule is C=CO.COc1nnc(N2CCC(NCc3ccc(F)cc3C(F)(F)F)CC2)c2ccccc12. The first-order chi connectivity index (χ1) is 16.3. The maximum atomic E-state index is 13.3. The van der Waals surface area contributed by atoms with Crippen LogP contribution >= 0.6 is 0 Å². The summed E-state index contributed by atoms with van der Waals surface area (Å²) in [5.41, 5.74) is -0.888. The summed E-state index contributed by atoms with van der Waals surface area (Å²) >= 11 is 0. The number of rotatable bonds is 5. The first-order valence-electron chi connectivity index (χ1n) is 10.7. The Kier molecular flexibility index (Phi) is 8.27. The van der Waals surface area contributed by atoms with Crippen molar-refractivity contribution in [1.82, 2.24) is 15.5 Å². The number of hydrogen-bond donors (Lipinski definition) is 2. The third-order valence-electron chi connectivity index (χ3n) is 5.58. The van der Waals surface area contributed by atoms with Crippen molar-refractivity contribution in [3.05, 3.63) is 72.2 Å². The Hall–Kier alpha value is -3.40. The fraction of sp³-hybridized carbons (Fsp3) is 0.333. The van der Waals surface area contributed by atoms with Crippen molar-refractivity contribution >= 4 is 16.6 Å². The van der Waals surface area contributed by atoms with Crippen molar-refractivity contribution in [1.29, 1.82) is 0 Å². The average Bonchev–Trinajstić information content (AvgIpc) is 2.83. The van der Waals surface area contributed by atoms with E-state index in [1.165, 1.54) is 6.07 Å². The molecule has 6 nitrogen and oxygen atoms in total. The first kappa shape index (κ1) is 25.2. The lowest BCUT2D eigenvalue weighted by Gasteiger charge is -2.33. The normalized spacial score (nSPS) is 14.4. The molecule has 4 rings (SSSR count). The van der Waals surface area contributed by atoms with Gasteiger partial charge in [0.25, 0.3) is 0 Å². The molecule has 0 amide bonds. The number of aliphatic hydroxyl groups excluding tert-OH is 1. The molecule has 1 aliphatic heterocycles. The highest BCUT2D eigenvalue weighted by atomic mass is 19.4. The fourth-order valence-electron chi connectivity index (χ4n) is 3.97. The van der Waals surface area contributed by atoms with Crippen LogP contribution in [0.4, 0.5) is 23.4 Å². The number of alkyl halides is 3. The average molecular weight is 478 g/mol. The van der Waals surface area contributed by atoms with Crippen LogP contribution in [0.3, 0.4) is 0 Å². The molecule has 0 radical (unpaired) electrons. The Balaban J connectivity index is 0.00000103. The predicted octanol–water partition coefficient (Wildman–Crippen LogP) is 5.24. The van der Waals surface area contributed by atoms with E-state index >= 15 is 0 Å². The number of fused-ring (bicyclic) bond motifs is 1. The van der Waals surface area contributed by atoms with Crippen LogP contribution in [0.15, 0.2) is 55.3 Å². The van der Waals surface area contributed by atoms with E-state index < -0.39 is 17.6 Å². The maximum absolute atomic E-state index is 13.3. The van der Waals surface area contributed by atoms with Crippen LogP contribution in [0.5, 0.6) is 5.88 Å². The van der Waals surface area contributed by atoms with E-state index in [9.17, 15) is 17.6 Å². The van der Waals surface area contributed by atoms with Gasteiger partial charge in [0, 0.05) is 36.4 Å². The summed E-state index contributed by atoms with van der Waals surface area (Å²) in [6, 6.07) is 10.6. The fourth-order valence-corrected chi connectivity index (χ4v) is 3.97. The van der Waals surface area contributed by atoms with Crippen molar-refractivity contribution in [3.63, 3.8) is 0 Å². The van der Waals surface area contributed by atoms with Gasteiger partial charge in [-0.3, -0.25) is 0 Å². The Morgan fingerprint density at radius 1 is 1.15 bits per heavy atom. The highest BCUT2D eigenvalue weighted by Crippen LogP contribution is 2.33. The van der Waals surface area contributed by atoms with Gasteiger partial charge in [-0.25, -0.2) is 4.39 Å². The van der Waals surface area contributed by atoms with Gasteiger partial charge < -0.3 is 20.1 Å². The van der Waals surface area contributed by atoms with Crippen LogP contribution in [0.25, 0.3) is 10.8 Å². The van der Waals surface area contributed by atoms with Crippen molar-refractivity contribution in [2.75, 3.05) is 25.1 Å². The number of aliphatic hydroxyl groups is 1. The van der Waals surface area contributed by atoms with E-state index in [2.05, 4.69) is 27.0 Å². The van der Waals surface area contributed by atoms with Crippen LogP contribution in [-0.4, -0.2) is 41.5 Å². The van der Waals surface area contributed by atoms with Crippen LogP contribution in [0.2, 0.25) is 0 Å². The summed E-state index contributed by atoms with van der Waals surface area (Å²) < 4.78 is 58.2. The standard InChI is InChI=1S/C22H22F4N4O.C2H4O/c1-31-21-18-5-3-2-4-17(18)20(28-29-21)30-10-8-16(9-11-30)27-13-14-6-7-15(23)12-19(14)22(24,25)26;1-2-3/h2-7,12,16,27H,8-11,13H2,1H3;2-3H,1H2. The number of piperidine rings is 1. The van der Waals surface area contributed by atoms with Gasteiger partial charge >= 0.3 is 6.18 Å². The summed E-state index contributed by atoms with van der Waals surface area (Å²) in [5.74, 6) is 0.348. The van der Waals surface area contributed by atoms with E-state index in [1.807, 2.05) is 24.3 Å². The molecule has 1 aromatic heterocycles. The second kappa shape index (κ2) is 11.1. The topological polar surface area (TPSA) is 70.5 Å². The van der Waals surface area contributed by atoms with Gasteiger partial charge in [-0.2, -0.15) is 13.2 Å². The van der Waals surface area contributed by atoms with Gasteiger partial charge in [0.1, 0.15) is 5.82 Å². The molecule has 2 aromatic carbocycles. The molecule has 182 valence electrons. The van der Waals surface area contributed by atoms with E-state index in [0.29, 0.717) is 25.0 Å². The molecule has 1 aliphatic rings. The lowest BCUT2D eigenvalue weighted by molar-refractivity contribution is -0.138. The van der Waals surface area contributed by atoms with Crippen LogP contribution in [-0.2, 0) is 12.7 Å². The quantitative estimate of drug-likeness (QED) is 0.386. The Bertz CT molecular complexity index is 1120.